The number of benzene rings is 1. The average Bonchev–Trinajstić information content (AvgIpc) is 2.93. The van der Waals surface area contributed by atoms with Gasteiger partial charge in [-0.2, -0.15) is 0 Å². The Morgan fingerprint density at radius 3 is 2.67 bits per heavy atom. The van der Waals surface area contributed by atoms with Gasteiger partial charge in [0.15, 0.2) is 0 Å². The third kappa shape index (κ3) is 3.20. The Kier molecular flexibility index (Phi) is 4.53. The minimum absolute atomic E-state index is 0.411. The summed E-state index contributed by atoms with van der Waals surface area (Å²) in [5.41, 5.74) is 2.48. The molecule has 0 radical (unpaired) electrons. The van der Waals surface area contributed by atoms with E-state index in [1.165, 1.54) is 18.4 Å². The van der Waals surface area contributed by atoms with Crippen LogP contribution < -0.4 is 5.32 Å². The maximum Gasteiger partial charge on any atom is 0.0991 e. The molecule has 0 amide bonds. The van der Waals surface area contributed by atoms with Crippen molar-refractivity contribution in [3.63, 3.8) is 0 Å². The van der Waals surface area contributed by atoms with Crippen molar-refractivity contribution < 1.29 is 0 Å². The van der Waals surface area contributed by atoms with Crippen LogP contribution in [0, 0.1) is 0 Å². The van der Waals surface area contributed by atoms with Gasteiger partial charge in [0, 0.05) is 24.1 Å². The van der Waals surface area contributed by atoms with Gasteiger partial charge in [0.25, 0.3) is 0 Å². The minimum atomic E-state index is 0.411. The lowest BCUT2D eigenvalue weighted by atomic mass is 10.1. The van der Waals surface area contributed by atoms with Crippen LogP contribution in [0.25, 0.3) is 5.69 Å². The predicted octanol–water partition coefficient (Wildman–Crippen LogP) is 3.32. The van der Waals surface area contributed by atoms with Crippen LogP contribution >= 0.6 is 0 Å². The normalized spacial score (nSPS) is 12.6. The lowest BCUT2D eigenvalue weighted by molar-refractivity contribution is 0.554. The van der Waals surface area contributed by atoms with Crippen LogP contribution in [-0.2, 0) is 0 Å². The first kappa shape index (κ1) is 12.8. The fraction of sp³-hybridized carbons (Fsp3) is 0.400. The summed E-state index contributed by atoms with van der Waals surface area (Å²) in [6, 6.07) is 9.04. The molecule has 18 heavy (non-hydrogen) atoms. The Labute approximate surface area is 109 Å². The fourth-order valence-corrected chi connectivity index (χ4v) is 1.96. The first-order chi connectivity index (χ1) is 8.81. The second kappa shape index (κ2) is 6.36. The van der Waals surface area contributed by atoms with Gasteiger partial charge in [-0.25, -0.2) is 4.98 Å². The molecule has 1 aromatic heterocycles. The van der Waals surface area contributed by atoms with Gasteiger partial charge in [-0.3, -0.25) is 0 Å². The molecule has 1 atom stereocenters. The van der Waals surface area contributed by atoms with Crippen molar-refractivity contribution in [3.8, 4) is 5.69 Å². The minimum Gasteiger partial charge on any atom is -0.310 e. The quantitative estimate of drug-likeness (QED) is 0.789. The molecule has 0 fully saturated rings. The number of rotatable bonds is 6. The van der Waals surface area contributed by atoms with Gasteiger partial charge in [-0.05, 0) is 37.6 Å². The molecule has 0 aliphatic carbocycles. The number of nitrogens with one attached hydrogen (secondary N) is 1. The van der Waals surface area contributed by atoms with E-state index in [4.69, 9.17) is 0 Å². The molecule has 2 aromatic rings. The maximum absolute atomic E-state index is 4.06. The molecule has 3 heteroatoms. The SMILES string of the molecule is CCCCNC(C)c1ccc(-n2ccnc2)cc1. The highest BCUT2D eigenvalue weighted by molar-refractivity contribution is 5.35. The van der Waals surface area contributed by atoms with Crippen molar-refractivity contribution in [1.82, 2.24) is 14.9 Å². The third-order valence-corrected chi connectivity index (χ3v) is 3.18. The highest BCUT2D eigenvalue weighted by Gasteiger charge is 2.04. The summed E-state index contributed by atoms with van der Waals surface area (Å²) in [5, 5.41) is 3.53. The molecule has 0 aliphatic heterocycles. The zero-order chi connectivity index (χ0) is 12.8. The zero-order valence-electron chi connectivity index (χ0n) is 11.1. The van der Waals surface area contributed by atoms with E-state index in [1.807, 2.05) is 17.1 Å². The van der Waals surface area contributed by atoms with E-state index in [2.05, 4.69) is 48.4 Å². The Morgan fingerprint density at radius 2 is 2.06 bits per heavy atom. The topological polar surface area (TPSA) is 29.9 Å². The number of nitrogens with zero attached hydrogens (tertiary/aromatic N) is 2. The summed E-state index contributed by atoms with van der Waals surface area (Å²) in [6.45, 7) is 5.51. The molecule has 1 unspecified atom stereocenters. The lowest BCUT2D eigenvalue weighted by Crippen LogP contribution is -2.19. The standard InChI is InChI=1S/C15H21N3/c1-3-4-9-17-13(2)14-5-7-15(8-6-14)18-11-10-16-12-18/h5-8,10-13,17H,3-4,9H2,1-2H3. The van der Waals surface area contributed by atoms with Crippen LogP contribution in [-0.4, -0.2) is 16.1 Å². The van der Waals surface area contributed by atoms with E-state index in [-0.39, 0.29) is 0 Å². The molecule has 96 valence electrons. The van der Waals surface area contributed by atoms with Gasteiger partial charge in [-0.15, -0.1) is 0 Å². The van der Waals surface area contributed by atoms with Gasteiger partial charge in [0.05, 0.1) is 6.33 Å². The Hall–Kier alpha value is -1.61. The van der Waals surface area contributed by atoms with Gasteiger partial charge in [-0.1, -0.05) is 25.5 Å². The van der Waals surface area contributed by atoms with Crippen LogP contribution in [0.5, 0.6) is 0 Å². The van der Waals surface area contributed by atoms with Gasteiger partial charge in [0.2, 0.25) is 0 Å². The third-order valence-electron chi connectivity index (χ3n) is 3.18. The van der Waals surface area contributed by atoms with Crippen LogP contribution in [0.1, 0.15) is 38.3 Å². The van der Waals surface area contributed by atoms with E-state index >= 15 is 0 Å². The average molecular weight is 243 g/mol. The van der Waals surface area contributed by atoms with Crippen LogP contribution in [0.2, 0.25) is 0 Å². The van der Waals surface area contributed by atoms with Crippen LogP contribution in [0.15, 0.2) is 43.0 Å². The van der Waals surface area contributed by atoms with E-state index < -0.39 is 0 Å². The summed E-state index contributed by atoms with van der Waals surface area (Å²) >= 11 is 0. The summed E-state index contributed by atoms with van der Waals surface area (Å²) in [6.07, 6.45) is 8.04. The molecule has 1 heterocycles. The predicted molar refractivity (Wildman–Crippen MR) is 74.9 cm³/mol. The van der Waals surface area contributed by atoms with Crippen molar-refractivity contribution in [3.05, 3.63) is 48.5 Å². The molecular formula is C15H21N3. The summed E-state index contributed by atoms with van der Waals surface area (Å²) in [5.74, 6) is 0. The smallest absolute Gasteiger partial charge is 0.0991 e. The molecule has 1 aromatic carbocycles. The van der Waals surface area contributed by atoms with Crippen molar-refractivity contribution in [1.29, 1.82) is 0 Å². The molecule has 1 N–H and O–H groups in total. The first-order valence-corrected chi connectivity index (χ1v) is 6.63. The highest BCUT2D eigenvalue weighted by atomic mass is 15.0. The maximum atomic E-state index is 4.06. The van der Waals surface area contributed by atoms with Crippen molar-refractivity contribution >= 4 is 0 Å². The summed E-state index contributed by atoms with van der Waals surface area (Å²) < 4.78 is 2.01. The zero-order valence-corrected chi connectivity index (χ0v) is 11.1. The number of hydrogen-bond donors (Lipinski definition) is 1. The van der Waals surface area contributed by atoms with Crippen molar-refractivity contribution in [2.24, 2.45) is 0 Å². The molecule has 0 saturated heterocycles. The van der Waals surface area contributed by atoms with Gasteiger partial charge >= 0.3 is 0 Å². The number of hydrogen-bond acceptors (Lipinski definition) is 2. The molecule has 0 aliphatic rings. The van der Waals surface area contributed by atoms with Crippen LogP contribution in [0.3, 0.4) is 0 Å². The van der Waals surface area contributed by atoms with E-state index in [0.29, 0.717) is 6.04 Å². The Bertz CT molecular complexity index is 445. The molecule has 2 rings (SSSR count). The van der Waals surface area contributed by atoms with E-state index in [1.54, 1.807) is 6.20 Å². The number of imidazole rings is 1. The second-order valence-corrected chi connectivity index (χ2v) is 4.59. The van der Waals surface area contributed by atoms with Crippen molar-refractivity contribution in [2.75, 3.05) is 6.54 Å². The second-order valence-electron chi connectivity index (χ2n) is 4.59. The fourth-order valence-electron chi connectivity index (χ4n) is 1.96. The van der Waals surface area contributed by atoms with Gasteiger partial charge in [0.1, 0.15) is 0 Å². The highest BCUT2D eigenvalue weighted by Crippen LogP contribution is 2.15. The Morgan fingerprint density at radius 1 is 1.28 bits per heavy atom. The summed E-state index contributed by atoms with van der Waals surface area (Å²) in [4.78, 5) is 4.06. The molecule has 0 saturated carbocycles. The molecule has 0 spiro atoms. The molecule has 3 nitrogen and oxygen atoms in total. The molecular weight excluding hydrogens is 222 g/mol. The van der Waals surface area contributed by atoms with E-state index in [0.717, 1.165) is 12.2 Å². The molecule has 0 bridgehead atoms. The number of unbranched alkanes of at least 4 members (excludes halogenated alkanes) is 1. The number of aromatic nitrogens is 2. The van der Waals surface area contributed by atoms with E-state index in [9.17, 15) is 0 Å². The monoisotopic (exact) mass is 243 g/mol. The van der Waals surface area contributed by atoms with Gasteiger partial charge < -0.3 is 9.88 Å². The largest absolute Gasteiger partial charge is 0.310 e. The van der Waals surface area contributed by atoms with Crippen molar-refractivity contribution in [2.45, 2.75) is 32.7 Å². The lowest BCUT2D eigenvalue weighted by Gasteiger charge is -2.14. The summed E-state index contributed by atoms with van der Waals surface area (Å²) in [7, 11) is 0. The van der Waals surface area contributed by atoms with Crippen LogP contribution in [0.4, 0.5) is 0 Å². The Balaban J connectivity index is 1.99. The first-order valence-electron chi connectivity index (χ1n) is 6.63.